The fraction of sp³-hybridized carbons (Fsp3) is 0.579. The highest BCUT2D eigenvalue weighted by Gasteiger charge is 2.20. The molecule has 110 valence electrons. The number of benzene rings is 1. The van der Waals surface area contributed by atoms with E-state index in [1.54, 1.807) is 0 Å². The lowest BCUT2D eigenvalue weighted by Gasteiger charge is -2.13. The van der Waals surface area contributed by atoms with Crippen LogP contribution >= 0.6 is 0 Å². The van der Waals surface area contributed by atoms with Gasteiger partial charge in [-0.2, -0.15) is 0 Å². The minimum Gasteiger partial charge on any atom is -0.310 e. The first kappa shape index (κ1) is 15.3. The van der Waals surface area contributed by atoms with Crippen LogP contribution in [0.1, 0.15) is 51.7 Å². The molecule has 0 atom stereocenters. The second kappa shape index (κ2) is 7.08. The average Bonchev–Trinajstić information content (AvgIpc) is 3.19. The Morgan fingerprint density at radius 2 is 1.80 bits per heavy atom. The Morgan fingerprint density at radius 3 is 2.30 bits per heavy atom. The van der Waals surface area contributed by atoms with Gasteiger partial charge < -0.3 is 5.32 Å². The van der Waals surface area contributed by atoms with E-state index in [2.05, 4.69) is 63.4 Å². The second-order valence-electron chi connectivity index (χ2n) is 6.87. The molecule has 0 spiro atoms. The second-order valence-corrected chi connectivity index (χ2v) is 6.87. The third-order valence-electron chi connectivity index (χ3n) is 3.89. The first-order valence-electron chi connectivity index (χ1n) is 8.07. The molecule has 1 fully saturated rings. The topological polar surface area (TPSA) is 12.0 Å². The number of hydrogen-bond acceptors (Lipinski definition) is 1. The normalized spacial score (nSPS) is 16.2. The quantitative estimate of drug-likeness (QED) is 0.759. The standard InChI is InChI=1S/C19H29N/c1-14(2)11-16-5-7-17(8-6-16)12-18(15(3)4)13-20-19-9-10-19/h5-8,12,14-15,19-20H,9-11,13H2,1-4H3/b18-12-. The zero-order valence-electron chi connectivity index (χ0n) is 13.4. The summed E-state index contributed by atoms with van der Waals surface area (Å²) >= 11 is 0. The van der Waals surface area contributed by atoms with Crippen LogP contribution in [-0.4, -0.2) is 12.6 Å². The lowest BCUT2D eigenvalue weighted by Crippen LogP contribution is -2.21. The molecular weight excluding hydrogens is 242 g/mol. The molecule has 0 amide bonds. The third-order valence-corrected chi connectivity index (χ3v) is 3.89. The summed E-state index contributed by atoms with van der Waals surface area (Å²) in [5.41, 5.74) is 4.28. The summed E-state index contributed by atoms with van der Waals surface area (Å²) in [5.74, 6) is 1.34. The van der Waals surface area contributed by atoms with Gasteiger partial charge in [-0.05, 0) is 42.2 Å². The maximum atomic E-state index is 3.63. The van der Waals surface area contributed by atoms with Crippen LogP contribution in [0.25, 0.3) is 6.08 Å². The van der Waals surface area contributed by atoms with Gasteiger partial charge in [0.1, 0.15) is 0 Å². The van der Waals surface area contributed by atoms with E-state index in [4.69, 9.17) is 0 Å². The first-order chi connectivity index (χ1) is 9.54. The average molecular weight is 271 g/mol. The maximum Gasteiger partial charge on any atom is 0.0173 e. The molecule has 1 aromatic rings. The van der Waals surface area contributed by atoms with Crippen molar-refractivity contribution in [3.05, 3.63) is 41.0 Å². The van der Waals surface area contributed by atoms with E-state index < -0.39 is 0 Å². The molecule has 1 nitrogen and oxygen atoms in total. The van der Waals surface area contributed by atoms with Gasteiger partial charge in [0.25, 0.3) is 0 Å². The van der Waals surface area contributed by atoms with Crippen molar-refractivity contribution in [1.82, 2.24) is 5.32 Å². The minimum absolute atomic E-state index is 0.608. The van der Waals surface area contributed by atoms with Crippen molar-refractivity contribution >= 4 is 6.08 Å². The van der Waals surface area contributed by atoms with Crippen LogP contribution < -0.4 is 5.32 Å². The van der Waals surface area contributed by atoms with Crippen LogP contribution in [0.4, 0.5) is 0 Å². The van der Waals surface area contributed by atoms with Gasteiger partial charge in [-0.15, -0.1) is 0 Å². The van der Waals surface area contributed by atoms with Crippen molar-refractivity contribution in [2.75, 3.05) is 6.54 Å². The highest BCUT2D eigenvalue weighted by molar-refractivity contribution is 5.54. The number of rotatable bonds is 7. The van der Waals surface area contributed by atoms with Gasteiger partial charge in [0, 0.05) is 12.6 Å². The summed E-state index contributed by atoms with van der Waals surface area (Å²) in [5, 5.41) is 3.63. The molecule has 1 heteroatoms. The van der Waals surface area contributed by atoms with Crippen molar-refractivity contribution in [1.29, 1.82) is 0 Å². The van der Waals surface area contributed by atoms with Crippen LogP contribution in [0.5, 0.6) is 0 Å². The molecule has 1 aliphatic rings. The molecule has 1 saturated carbocycles. The molecule has 0 unspecified atom stereocenters. The van der Waals surface area contributed by atoms with Crippen LogP contribution in [0.3, 0.4) is 0 Å². The predicted molar refractivity (Wildman–Crippen MR) is 88.8 cm³/mol. The van der Waals surface area contributed by atoms with E-state index in [1.165, 1.54) is 36.0 Å². The first-order valence-corrected chi connectivity index (χ1v) is 8.07. The molecule has 1 N–H and O–H groups in total. The van der Waals surface area contributed by atoms with E-state index in [-0.39, 0.29) is 0 Å². The Bertz CT molecular complexity index is 435. The monoisotopic (exact) mass is 271 g/mol. The predicted octanol–water partition coefficient (Wildman–Crippen LogP) is 4.68. The molecule has 0 radical (unpaired) electrons. The Labute approximate surface area is 124 Å². The van der Waals surface area contributed by atoms with Crippen LogP contribution in [0.15, 0.2) is 29.8 Å². The highest BCUT2D eigenvalue weighted by Crippen LogP contribution is 2.21. The van der Waals surface area contributed by atoms with E-state index >= 15 is 0 Å². The summed E-state index contributed by atoms with van der Waals surface area (Å²) in [7, 11) is 0. The van der Waals surface area contributed by atoms with E-state index in [0.29, 0.717) is 5.92 Å². The van der Waals surface area contributed by atoms with Gasteiger partial charge in [-0.1, -0.05) is 63.6 Å². The largest absolute Gasteiger partial charge is 0.310 e. The van der Waals surface area contributed by atoms with Crippen molar-refractivity contribution < 1.29 is 0 Å². The lowest BCUT2D eigenvalue weighted by atomic mass is 9.98. The summed E-state index contributed by atoms with van der Waals surface area (Å²) < 4.78 is 0. The molecule has 20 heavy (non-hydrogen) atoms. The molecule has 1 aromatic carbocycles. The molecule has 0 heterocycles. The Hall–Kier alpha value is -1.08. The Balaban J connectivity index is 2.01. The van der Waals surface area contributed by atoms with Gasteiger partial charge in [0.05, 0.1) is 0 Å². The van der Waals surface area contributed by atoms with Crippen LogP contribution in [0, 0.1) is 11.8 Å². The zero-order valence-corrected chi connectivity index (χ0v) is 13.4. The molecule has 0 saturated heterocycles. The fourth-order valence-corrected chi connectivity index (χ4v) is 2.41. The fourth-order valence-electron chi connectivity index (χ4n) is 2.41. The Morgan fingerprint density at radius 1 is 1.15 bits per heavy atom. The summed E-state index contributed by atoms with van der Waals surface area (Å²) in [4.78, 5) is 0. The molecular formula is C19H29N. The van der Waals surface area contributed by atoms with Crippen molar-refractivity contribution in [3.63, 3.8) is 0 Å². The molecule has 0 bridgehead atoms. The van der Waals surface area contributed by atoms with Gasteiger partial charge in [0.15, 0.2) is 0 Å². The summed E-state index contributed by atoms with van der Waals surface area (Å²) in [6, 6.07) is 9.86. The van der Waals surface area contributed by atoms with Gasteiger partial charge in [0.2, 0.25) is 0 Å². The van der Waals surface area contributed by atoms with Crippen molar-refractivity contribution in [2.45, 2.75) is 53.0 Å². The van der Waals surface area contributed by atoms with Crippen LogP contribution in [-0.2, 0) is 6.42 Å². The van der Waals surface area contributed by atoms with E-state index in [0.717, 1.165) is 18.5 Å². The van der Waals surface area contributed by atoms with Gasteiger partial charge in [-0.25, -0.2) is 0 Å². The van der Waals surface area contributed by atoms with E-state index in [1.807, 2.05) is 0 Å². The molecule has 2 rings (SSSR count). The summed E-state index contributed by atoms with van der Waals surface area (Å²) in [6.45, 7) is 10.2. The summed E-state index contributed by atoms with van der Waals surface area (Å²) in [6.07, 6.45) is 6.24. The number of nitrogens with one attached hydrogen (secondary N) is 1. The van der Waals surface area contributed by atoms with Gasteiger partial charge >= 0.3 is 0 Å². The van der Waals surface area contributed by atoms with Gasteiger partial charge in [-0.3, -0.25) is 0 Å². The lowest BCUT2D eigenvalue weighted by molar-refractivity contribution is 0.647. The molecule has 1 aliphatic carbocycles. The van der Waals surface area contributed by atoms with E-state index in [9.17, 15) is 0 Å². The SMILES string of the molecule is CC(C)Cc1ccc(/C=C(/CNC2CC2)C(C)C)cc1. The zero-order chi connectivity index (χ0) is 14.5. The maximum absolute atomic E-state index is 3.63. The minimum atomic E-state index is 0.608. The Kier molecular flexibility index (Phi) is 5.42. The molecule has 0 aromatic heterocycles. The smallest absolute Gasteiger partial charge is 0.0173 e. The third kappa shape index (κ3) is 5.13. The number of hydrogen-bond donors (Lipinski definition) is 1. The highest BCUT2D eigenvalue weighted by atomic mass is 14.9. The molecule has 0 aliphatic heterocycles. The van der Waals surface area contributed by atoms with Crippen LogP contribution in [0.2, 0.25) is 0 Å². The van der Waals surface area contributed by atoms with Crippen molar-refractivity contribution in [2.24, 2.45) is 11.8 Å². The van der Waals surface area contributed by atoms with Crippen molar-refractivity contribution in [3.8, 4) is 0 Å².